The molecule has 0 amide bonds. The Balaban J connectivity index is 2.10. The topological polar surface area (TPSA) is 71.7 Å². The third kappa shape index (κ3) is 2.53. The molecule has 0 aliphatic carbocycles. The second-order valence-corrected chi connectivity index (χ2v) is 4.47. The van der Waals surface area contributed by atoms with Gasteiger partial charge in [0.15, 0.2) is 5.65 Å². The summed E-state index contributed by atoms with van der Waals surface area (Å²) in [6, 6.07) is 13.5. The smallest absolute Gasteiger partial charge is 0.243 e. The Morgan fingerprint density at radius 2 is 2.00 bits per heavy atom. The Morgan fingerprint density at radius 1 is 1.19 bits per heavy atom. The summed E-state index contributed by atoms with van der Waals surface area (Å²) in [4.78, 5) is 4.57. The van der Waals surface area contributed by atoms with E-state index >= 15 is 0 Å². The van der Waals surface area contributed by atoms with Crippen molar-refractivity contribution < 1.29 is 9.84 Å². The number of ether oxygens (including phenoxy) is 1. The van der Waals surface area contributed by atoms with Gasteiger partial charge in [0, 0.05) is 12.1 Å². The van der Waals surface area contributed by atoms with Crippen molar-refractivity contribution >= 4 is 11.5 Å². The molecule has 0 atom stereocenters. The molecular weight excluding hydrogens is 268 g/mol. The van der Waals surface area contributed by atoms with E-state index in [1.54, 1.807) is 11.6 Å². The highest BCUT2D eigenvalue weighted by molar-refractivity contribution is 5.69. The van der Waals surface area contributed by atoms with Crippen molar-refractivity contribution in [3.05, 3.63) is 42.5 Å². The van der Waals surface area contributed by atoms with E-state index in [2.05, 4.69) is 15.4 Å². The second kappa shape index (κ2) is 5.80. The molecule has 2 heterocycles. The Kier molecular flexibility index (Phi) is 3.70. The van der Waals surface area contributed by atoms with Crippen LogP contribution in [0.3, 0.4) is 0 Å². The molecule has 3 aromatic rings. The molecule has 0 radical (unpaired) electrons. The van der Waals surface area contributed by atoms with E-state index in [4.69, 9.17) is 9.84 Å². The van der Waals surface area contributed by atoms with Crippen LogP contribution in [0.4, 0.5) is 5.82 Å². The van der Waals surface area contributed by atoms with Gasteiger partial charge in [0.2, 0.25) is 5.88 Å². The van der Waals surface area contributed by atoms with E-state index in [1.165, 1.54) is 0 Å². The maximum absolute atomic E-state index is 8.86. The summed E-state index contributed by atoms with van der Waals surface area (Å²) in [6.45, 7) is 0.497. The zero-order valence-corrected chi connectivity index (χ0v) is 11.7. The van der Waals surface area contributed by atoms with Crippen molar-refractivity contribution in [2.75, 3.05) is 25.6 Å². The van der Waals surface area contributed by atoms with Crippen LogP contribution in [0.1, 0.15) is 0 Å². The Bertz CT molecular complexity index is 740. The maximum atomic E-state index is 8.86. The predicted octanol–water partition coefficient (Wildman–Crippen LogP) is 1.81. The highest BCUT2D eigenvalue weighted by atomic mass is 16.5. The van der Waals surface area contributed by atoms with E-state index in [9.17, 15) is 0 Å². The van der Waals surface area contributed by atoms with Gasteiger partial charge in [0.25, 0.3) is 0 Å². The van der Waals surface area contributed by atoms with Crippen molar-refractivity contribution in [1.82, 2.24) is 14.6 Å². The zero-order valence-electron chi connectivity index (χ0n) is 11.7. The van der Waals surface area contributed by atoms with Gasteiger partial charge in [-0.15, -0.1) is 5.10 Å². The van der Waals surface area contributed by atoms with Gasteiger partial charge >= 0.3 is 0 Å². The Morgan fingerprint density at radius 3 is 2.71 bits per heavy atom. The lowest BCUT2D eigenvalue weighted by atomic mass is 10.2. The largest absolute Gasteiger partial charge is 0.479 e. The fourth-order valence-corrected chi connectivity index (χ4v) is 2.16. The molecule has 0 spiro atoms. The average Bonchev–Trinajstić information content (AvgIpc) is 2.91. The summed E-state index contributed by atoms with van der Waals surface area (Å²) in [5.41, 5.74) is 2.44. The fraction of sp³-hybridized carbons (Fsp3) is 0.200. The van der Waals surface area contributed by atoms with Crippen LogP contribution in [0.2, 0.25) is 0 Å². The molecule has 1 aromatic carbocycles. The van der Waals surface area contributed by atoms with Gasteiger partial charge in [-0.2, -0.15) is 4.52 Å². The van der Waals surface area contributed by atoms with Crippen LogP contribution < -0.4 is 10.1 Å². The number of fused-ring (bicyclic) bond motifs is 1. The minimum Gasteiger partial charge on any atom is -0.479 e. The van der Waals surface area contributed by atoms with Crippen molar-refractivity contribution in [3.63, 3.8) is 0 Å². The van der Waals surface area contributed by atoms with Gasteiger partial charge in [-0.1, -0.05) is 30.3 Å². The lowest BCUT2D eigenvalue weighted by molar-refractivity contribution is 0.311. The SMILES string of the molecule is COc1c(-c2ccccc2)nc2ccc(NCCO)nn12. The molecule has 0 fully saturated rings. The lowest BCUT2D eigenvalue weighted by Crippen LogP contribution is -2.08. The van der Waals surface area contributed by atoms with E-state index in [1.807, 2.05) is 42.5 Å². The van der Waals surface area contributed by atoms with E-state index in [-0.39, 0.29) is 6.61 Å². The van der Waals surface area contributed by atoms with Crippen LogP contribution >= 0.6 is 0 Å². The lowest BCUT2D eigenvalue weighted by Gasteiger charge is -2.05. The number of methoxy groups -OCH3 is 1. The third-order valence-corrected chi connectivity index (χ3v) is 3.09. The quantitative estimate of drug-likeness (QED) is 0.747. The maximum Gasteiger partial charge on any atom is 0.243 e. The first-order chi connectivity index (χ1) is 10.3. The number of nitrogens with one attached hydrogen (secondary N) is 1. The molecule has 6 nitrogen and oxygen atoms in total. The summed E-state index contributed by atoms with van der Waals surface area (Å²) in [7, 11) is 1.60. The number of rotatable bonds is 5. The number of imidazole rings is 1. The van der Waals surface area contributed by atoms with Gasteiger partial charge in [-0.3, -0.25) is 0 Å². The van der Waals surface area contributed by atoms with Gasteiger partial charge in [0.1, 0.15) is 11.5 Å². The van der Waals surface area contributed by atoms with Crippen LogP contribution in [0, 0.1) is 0 Å². The van der Waals surface area contributed by atoms with Gasteiger partial charge in [-0.05, 0) is 12.1 Å². The van der Waals surface area contributed by atoms with E-state index in [0.717, 1.165) is 11.3 Å². The predicted molar refractivity (Wildman–Crippen MR) is 80.6 cm³/mol. The minimum atomic E-state index is 0.0516. The van der Waals surface area contributed by atoms with Gasteiger partial charge in [-0.25, -0.2) is 4.98 Å². The Labute approximate surface area is 122 Å². The second-order valence-electron chi connectivity index (χ2n) is 4.47. The number of nitrogens with zero attached hydrogens (tertiary/aromatic N) is 3. The highest BCUT2D eigenvalue weighted by Gasteiger charge is 2.15. The molecule has 0 unspecified atom stereocenters. The molecule has 0 saturated carbocycles. The number of hydrogen-bond acceptors (Lipinski definition) is 5. The van der Waals surface area contributed by atoms with Crippen LogP contribution in [0.5, 0.6) is 5.88 Å². The summed E-state index contributed by atoms with van der Waals surface area (Å²) in [6.07, 6.45) is 0. The molecule has 2 N–H and O–H groups in total. The van der Waals surface area contributed by atoms with Crippen molar-refractivity contribution in [3.8, 4) is 17.1 Å². The number of aliphatic hydroxyl groups is 1. The molecule has 108 valence electrons. The molecule has 0 aliphatic heterocycles. The number of aliphatic hydroxyl groups excluding tert-OH is 1. The highest BCUT2D eigenvalue weighted by Crippen LogP contribution is 2.29. The summed E-state index contributed by atoms with van der Waals surface area (Å²) >= 11 is 0. The molecule has 6 heteroatoms. The first-order valence-corrected chi connectivity index (χ1v) is 6.67. The van der Waals surface area contributed by atoms with Crippen molar-refractivity contribution in [2.24, 2.45) is 0 Å². The average molecular weight is 284 g/mol. The normalized spacial score (nSPS) is 10.8. The summed E-state index contributed by atoms with van der Waals surface area (Å²) in [5, 5.41) is 16.3. The summed E-state index contributed by atoms with van der Waals surface area (Å²) < 4.78 is 7.13. The van der Waals surface area contributed by atoms with Crippen LogP contribution in [-0.2, 0) is 0 Å². The molecule has 2 aromatic heterocycles. The third-order valence-electron chi connectivity index (χ3n) is 3.09. The molecule has 21 heavy (non-hydrogen) atoms. The molecular formula is C15H16N4O2. The number of anilines is 1. The van der Waals surface area contributed by atoms with Crippen LogP contribution in [0.25, 0.3) is 16.9 Å². The standard InChI is InChI=1S/C15H16N4O2/c1-21-15-14(11-5-3-2-4-6-11)17-13-8-7-12(16-9-10-20)18-19(13)15/h2-8,20H,9-10H2,1H3,(H,16,18). The van der Waals surface area contributed by atoms with E-state index < -0.39 is 0 Å². The first-order valence-electron chi connectivity index (χ1n) is 6.67. The number of hydrogen-bond donors (Lipinski definition) is 2. The summed E-state index contributed by atoms with van der Waals surface area (Å²) in [5.74, 6) is 1.25. The molecule has 3 rings (SSSR count). The van der Waals surface area contributed by atoms with Crippen LogP contribution in [-0.4, -0.2) is 40.0 Å². The first kappa shape index (κ1) is 13.4. The van der Waals surface area contributed by atoms with E-state index in [0.29, 0.717) is 23.9 Å². The number of aromatic nitrogens is 3. The van der Waals surface area contributed by atoms with Crippen LogP contribution in [0.15, 0.2) is 42.5 Å². The molecule has 0 bridgehead atoms. The van der Waals surface area contributed by atoms with Gasteiger partial charge in [0.05, 0.1) is 13.7 Å². The minimum absolute atomic E-state index is 0.0516. The molecule has 0 aliphatic rings. The fourth-order valence-electron chi connectivity index (χ4n) is 2.16. The Hall–Kier alpha value is -2.60. The molecule has 0 saturated heterocycles. The van der Waals surface area contributed by atoms with Gasteiger partial charge < -0.3 is 15.2 Å². The van der Waals surface area contributed by atoms with Crippen molar-refractivity contribution in [2.45, 2.75) is 0 Å². The van der Waals surface area contributed by atoms with Crippen molar-refractivity contribution in [1.29, 1.82) is 0 Å². The monoisotopic (exact) mass is 284 g/mol. The number of benzene rings is 1. The zero-order chi connectivity index (χ0) is 14.7.